The quantitative estimate of drug-likeness (QED) is 0.0298. The lowest BCUT2D eigenvalue weighted by Crippen LogP contribution is -2.10. The molecule has 3 rings (SSSR count). The Morgan fingerprint density at radius 2 is 1.39 bits per heavy atom. The van der Waals surface area contributed by atoms with Crippen molar-refractivity contribution < 1.29 is 38.1 Å². The van der Waals surface area contributed by atoms with Crippen LogP contribution in [0.3, 0.4) is 0 Å². The molecule has 0 aliphatic carbocycles. The SMILES string of the molecule is C=CC(=O)OCCCOC(=C)/C=C\Cc1cc(Cc2ccc(C(=O)Oc3ccc(OCCCCOC(=O)C(=C)C)cc3)c(C)c2)ccc1C. The van der Waals surface area contributed by atoms with Gasteiger partial charge in [-0.1, -0.05) is 56.1 Å². The second kappa shape index (κ2) is 20.1. The summed E-state index contributed by atoms with van der Waals surface area (Å²) in [7, 11) is 0. The van der Waals surface area contributed by atoms with Gasteiger partial charge in [-0.3, -0.25) is 0 Å². The molecule has 0 spiro atoms. The topological polar surface area (TPSA) is 97.4 Å². The van der Waals surface area contributed by atoms with Crippen LogP contribution >= 0.6 is 0 Å². The van der Waals surface area contributed by atoms with Crippen LogP contribution in [-0.2, 0) is 36.6 Å². The fraction of sp³-hybridized carbons (Fsp3) is 0.293. The van der Waals surface area contributed by atoms with Crippen LogP contribution in [-0.4, -0.2) is 44.3 Å². The molecule has 3 aromatic carbocycles. The highest BCUT2D eigenvalue weighted by Crippen LogP contribution is 2.22. The van der Waals surface area contributed by atoms with Crippen molar-refractivity contribution in [1.82, 2.24) is 0 Å². The first-order valence-corrected chi connectivity index (χ1v) is 16.3. The number of rotatable bonds is 20. The van der Waals surface area contributed by atoms with Gasteiger partial charge >= 0.3 is 17.9 Å². The van der Waals surface area contributed by atoms with Crippen molar-refractivity contribution in [2.75, 3.05) is 26.4 Å². The van der Waals surface area contributed by atoms with E-state index in [4.69, 9.17) is 23.7 Å². The van der Waals surface area contributed by atoms with E-state index in [1.807, 2.05) is 37.3 Å². The smallest absolute Gasteiger partial charge is 0.343 e. The fourth-order valence-corrected chi connectivity index (χ4v) is 4.66. The Morgan fingerprint density at radius 1 is 0.735 bits per heavy atom. The van der Waals surface area contributed by atoms with E-state index in [0.29, 0.717) is 61.1 Å². The molecule has 8 nitrogen and oxygen atoms in total. The molecule has 0 aliphatic heterocycles. The highest BCUT2D eigenvalue weighted by Gasteiger charge is 2.13. The van der Waals surface area contributed by atoms with E-state index in [9.17, 15) is 14.4 Å². The first kappa shape index (κ1) is 38.1. The zero-order valence-electron chi connectivity index (χ0n) is 28.8. The van der Waals surface area contributed by atoms with Crippen molar-refractivity contribution in [1.29, 1.82) is 0 Å². The van der Waals surface area contributed by atoms with Crippen LogP contribution in [0.15, 0.2) is 110 Å². The van der Waals surface area contributed by atoms with Crippen LogP contribution in [0.1, 0.15) is 64.4 Å². The molecule has 0 bridgehead atoms. The third-order valence-electron chi connectivity index (χ3n) is 7.38. The fourth-order valence-electron chi connectivity index (χ4n) is 4.66. The van der Waals surface area contributed by atoms with E-state index in [1.165, 1.54) is 16.7 Å². The molecule has 0 aliphatic rings. The van der Waals surface area contributed by atoms with E-state index in [2.05, 4.69) is 44.9 Å². The van der Waals surface area contributed by atoms with Crippen molar-refractivity contribution in [3.05, 3.63) is 143 Å². The molecule has 0 saturated heterocycles. The van der Waals surface area contributed by atoms with E-state index in [0.717, 1.165) is 36.5 Å². The molecule has 0 amide bonds. The summed E-state index contributed by atoms with van der Waals surface area (Å²) in [6.45, 7) is 17.9. The van der Waals surface area contributed by atoms with Crippen LogP contribution in [0, 0.1) is 13.8 Å². The molecule has 0 unspecified atom stereocenters. The molecular formula is C41H46O8. The predicted octanol–water partition coefficient (Wildman–Crippen LogP) is 8.14. The van der Waals surface area contributed by atoms with Gasteiger partial charge in [-0.15, -0.1) is 0 Å². The van der Waals surface area contributed by atoms with Crippen LogP contribution in [0.5, 0.6) is 11.5 Å². The molecule has 0 atom stereocenters. The molecular weight excluding hydrogens is 620 g/mol. The van der Waals surface area contributed by atoms with Crippen LogP contribution in [0.2, 0.25) is 0 Å². The number of esters is 3. The van der Waals surface area contributed by atoms with Gasteiger partial charge in [-0.05, 0) is 111 Å². The van der Waals surface area contributed by atoms with E-state index < -0.39 is 11.9 Å². The Morgan fingerprint density at radius 3 is 2.10 bits per heavy atom. The Labute approximate surface area is 289 Å². The number of allylic oxidation sites excluding steroid dienone is 2. The molecule has 3 aromatic rings. The van der Waals surface area contributed by atoms with E-state index in [1.54, 1.807) is 31.2 Å². The molecule has 0 fully saturated rings. The zero-order chi connectivity index (χ0) is 35.6. The van der Waals surface area contributed by atoms with Crippen LogP contribution in [0.25, 0.3) is 0 Å². The number of carbonyl (C=O) groups is 3. The molecule has 0 saturated carbocycles. The predicted molar refractivity (Wildman–Crippen MR) is 191 cm³/mol. The normalized spacial score (nSPS) is 10.7. The van der Waals surface area contributed by atoms with Crippen molar-refractivity contribution in [2.24, 2.45) is 0 Å². The highest BCUT2D eigenvalue weighted by atomic mass is 16.5. The summed E-state index contributed by atoms with van der Waals surface area (Å²) in [5, 5.41) is 0. The molecule has 0 N–H and O–H groups in total. The summed E-state index contributed by atoms with van der Waals surface area (Å²) in [5.74, 6) is 0.384. The summed E-state index contributed by atoms with van der Waals surface area (Å²) in [6, 6.07) is 19.1. The summed E-state index contributed by atoms with van der Waals surface area (Å²) in [4.78, 5) is 35.4. The molecule has 0 heterocycles. The summed E-state index contributed by atoms with van der Waals surface area (Å²) >= 11 is 0. The maximum Gasteiger partial charge on any atom is 0.343 e. The minimum absolute atomic E-state index is 0.271. The highest BCUT2D eigenvalue weighted by molar-refractivity contribution is 5.92. The lowest BCUT2D eigenvalue weighted by atomic mass is 9.96. The Hall–Kier alpha value is -5.37. The summed E-state index contributed by atoms with van der Waals surface area (Å²) in [5.41, 5.74) is 6.38. The average Bonchev–Trinajstić information content (AvgIpc) is 3.07. The first-order valence-electron chi connectivity index (χ1n) is 16.3. The van der Waals surface area contributed by atoms with Crippen molar-refractivity contribution in [2.45, 2.75) is 52.9 Å². The second-order valence-electron chi connectivity index (χ2n) is 11.6. The van der Waals surface area contributed by atoms with Crippen molar-refractivity contribution in [3.8, 4) is 11.5 Å². The minimum Gasteiger partial charge on any atom is -0.494 e. The number of unbranched alkanes of at least 4 members (excludes halogenated alkanes) is 1. The molecule has 0 aromatic heterocycles. The Kier molecular flexibility index (Phi) is 15.6. The van der Waals surface area contributed by atoms with Crippen molar-refractivity contribution in [3.63, 3.8) is 0 Å². The third-order valence-corrected chi connectivity index (χ3v) is 7.38. The number of aryl methyl sites for hydroxylation is 2. The van der Waals surface area contributed by atoms with Gasteiger partial charge in [0.15, 0.2) is 0 Å². The van der Waals surface area contributed by atoms with Gasteiger partial charge in [0, 0.05) is 18.1 Å². The van der Waals surface area contributed by atoms with Gasteiger partial charge in [0.25, 0.3) is 0 Å². The Balaban J connectivity index is 1.46. The number of ether oxygens (including phenoxy) is 5. The minimum atomic E-state index is -0.444. The first-order chi connectivity index (χ1) is 23.5. The van der Waals surface area contributed by atoms with Gasteiger partial charge < -0.3 is 23.7 Å². The monoisotopic (exact) mass is 666 g/mol. The third kappa shape index (κ3) is 13.7. The number of benzene rings is 3. The second-order valence-corrected chi connectivity index (χ2v) is 11.6. The van der Waals surface area contributed by atoms with E-state index >= 15 is 0 Å². The lowest BCUT2D eigenvalue weighted by Gasteiger charge is -2.11. The summed E-state index contributed by atoms with van der Waals surface area (Å²) in [6.07, 6.45) is 8.44. The van der Waals surface area contributed by atoms with Crippen molar-refractivity contribution >= 4 is 17.9 Å². The maximum atomic E-state index is 13.0. The Bertz CT molecular complexity index is 1650. The number of carbonyl (C=O) groups excluding carboxylic acids is 3. The molecule has 0 radical (unpaired) electrons. The van der Waals surface area contributed by atoms with Gasteiger partial charge in [0.2, 0.25) is 0 Å². The van der Waals surface area contributed by atoms with Gasteiger partial charge in [-0.25, -0.2) is 14.4 Å². The summed E-state index contributed by atoms with van der Waals surface area (Å²) < 4.78 is 27.0. The lowest BCUT2D eigenvalue weighted by molar-refractivity contribution is -0.139. The van der Waals surface area contributed by atoms with Gasteiger partial charge in [-0.2, -0.15) is 0 Å². The van der Waals surface area contributed by atoms with E-state index in [-0.39, 0.29) is 12.6 Å². The average molecular weight is 667 g/mol. The van der Waals surface area contributed by atoms with Crippen LogP contribution in [0.4, 0.5) is 0 Å². The number of hydrogen-bond acceptors (Lipinski definition) is 8. The largest absolute Gasteiger partial charge is 0.494 e. The maximum absolute atomic E-state index is 13.0. The molecule has 49 heavy (non-hydrogen) atoms. The van der Waals surface area contributed by atoms with Crippen LogP contribution < -0.4 is 9.47 Å². The van der Waals surface area contributed by atoms with Gasteiger partial charge in [0.05, 0.1) is 32.0 Å². The standard InChI is InChI=1S/C41H46O8/c1-7-39(42)47-25-11-24-45-32(6)12-10-13-35-28-34(15-14-30(35)4)27-33-16-21-38(31(5)26-33)41(44)49-37-19-17-36(18-20-37)46-22-8-9-23-48-40(43)29(2)3/h7,10,12,14-21,26,28H,1-2,6,8-9,11,13,22-25,27H2,3-5H3/b12-10-. The van der Waals surface area contributed by atoms with Gasteiger partial charge in [0.1, 0.15) is 17.3 Å². The zero-order valence-corrected chi connectivity index (χ0v) is 28.8. The molecule has 258 valence electrons. The molecule has 8 heteroatoms. The number of hydrogen-bond donors (Lipinski definition) is 0.